The molecule has 236 valence electrons. The first-order valence-electron chi connectivity index (χ1n) is 16.9. The number of para-hydroxylation sites is 2. The van der Waals surface area contributed by atoms with Gasteiger partial charge in [0.25, 0.3) is 0 Å². The second kappa shape index (κ2) is 12.7. The molecule has 0 bridgehead atoms. The molecule has 2 aromatic heterocycles. The van der Waals surface area contributed by atoms with E-state index < -0.39 is 0 Å². The van der Waals surface area contributed by atoms with E-state index in [-0.39, 0.29) is 0 Å². The average Bonchev–Trinajstić information content (AvgIpc) is 3.59. The number of furan rings is 1. The standard InChI is InChI=1S/C47H32N2O/c1-3-10-33(11-4-1)35-23-27-41(28-24-35)49(40-14-5-2-6-15-40)42-29-25-36(26-30-42)34-19-21-37(22-20-34)38-12-7-13-39(32-38)43-16-8-17-44-45-18-9-31-48-47(45)50-46(43)44/h1-32H. The van der Waals surface area contributed by atoms with Crippen LogP contribution in [-0.2, 0) is 0 Å². The van der Waals surface area contributed by atoms with Crippen LogP contribution in [0.25, 0.3) is 66.6 Å². The molecule has 0 spiro atoms. The van der Waals surface area contributed by atoms with Crippen LogP contribution in [0.5, 0.6) is 0 Å². The summed E-state index contributed by atoms with van der Waals surface area (Å²) in [5, 5.41) is 2.12. The summed E-state index contributed by atoms with van der Waals surface area (Å²) in [7, 11) is 0. The summed E-state index contributed by atoms with van der Waals surface area (Å²) >= 11 is 0. The van der Waals surface area contributed by atoms with Crippen LogP contribution in [0.4, 0.5) is 17.1 Å². The van der Waals surface area contributed by atoms with Crippen molar-refractivity contribution in [3.05, 3.63) is 194 Å². The molecule has 9 rings (SSSR count). The van der Waals surface area contributed by atoms with E-state index in [2.05, 4.69) is 192 Å². The molecule has 3 nitrogen and oxygen atoms in total. The van der Waals surface area contributed by atoms with E-state index in [1.54, 1.807) is 6.20 Å². The summed E-state index contributed by atoms with van der Waals surface area (Å²) in [4.78, 5) is 6.74. The molecule has 0 radical (unpaired) electrons. The van der Waals surface area contributed by atoms with Crippen molar-refractivity contribution < 1.29 is 4.42 Å². The number of benzene rings is 7. The molecule has 7 aromatic carbocycles. The third-order valence-corrected chi connectivity index (χ3v) is 9.37. The van der Waals surface area contributed by atoms with E-state index in [1.807, 2.05) is 6.07 Å². The molecule has 0 saturated carbocycles. The Balaban J connectivity index is 0.991. The van der Waals surface area contributed by atoms with Crippen molar-refractivity contribution in [3.63, 3.8) is 0 Å². The van der Waals surface area contributed by atoms with Gasteiger partial charge in [0, 0.05) is 39.6 Å². The number of pyridine rings is 1. The lowest BCUT2D eigenvalue weighted by molar-refractivity contribution is 0.655. The van der Waals surface area contributed by atoms with Crippen LogP contribution in [-0.4, -0.2) is 4.98 Å². The zero-order valence-electron chi connectivity index (χ0n) is 27.3. The minimum atomic E-state index is 0.667. The van der Waals surface area contributed by atoms with Gasteiger partial charge in [0.15, 0.2) is 0 Å². The molecule has 3 heteroatoms. The lowest BCUT2D eigenvalue weighted by Crippen LogP contribution is -2.09. The fourth-order valence-corrected chi connectivity index (χ4v) is 6.84. The van der Waals surface area contributed by atoms with E-state index in [0.29, 0.717) is 5.71 Å². The smallest absolute Gasteiger partial charge is 0.227 e. The molecule has 0 amide bonds. The fraction of sp³-hybridized carbons (Fsp3) is 0. The highest BCUT2D eigenvalue weighted by atomic mass is 16.3. The van der Waals surface area contributed by atoms with Crippen LogP contribution in [0.1, 0.15) is 0 Å². The van der Waals surface area contributed by atoms with Gasteiger partial charge >= 0.3 is 0 Å². The molecule has 0 fully saturated rings. The van der Waals surface area contributed by atoms with Gasteiger partial charge in [-0.3, -0.25) is 0 Å². The van der Waals surface area contributed by atoms with Crippen molar-refractivity contribution >= 4 is 39.1 Å². The molecule has 0 N–H and O–H groups in total. The molecular formula is C47H32N2O. The zero-order chi connectivity index (χ0) is 33.3. The van der Waals surface area contributed by atoms with Crippen LogP contribution in [0, 0.1) is 0 Å². The van der Waals surface area contributed by atoms with E-state index in [0.717, 1.165) is 50.1 Å². The van der Waals surface area contributed by atoms with Crippen molar-refractivity contribution in [2.75, 3.05) is 4.90 Å². The molecular weight excluding hydrogens is 609 g/mol. The maximum absolute atomic E-state index is 6.23. The Kier molecular flexibility index (Phi) is 7.49. The summed E-state index contributed by atoms with van der Waals surface area (Å²) in [6.07, 6.45) is 1.77. The summed E-state index contributed by atoms with van der Waals surface area (Å²) in [5.74, 6) is 0. The fourth-order valence-electron chi connectivity index (χ4n) is 6.84. The van der Waals surface area contributed by atoms with Crippen molar-refractivity contribution in [3.8, 4) is 44.5 Å². The monoisotopic (exact) mass is 640 g/mol. The molecule has 0 aliphatic carbocycles. The zero-order valence-corrected chi connectivity index (χ0v) is 27.3. The molecule has 0 aliphatic heterocycles. The van der Waals surface area contributed by atoms with Gasteiger partial charge in [0.1, 0.15) is 5.58 Å². The summed E-state index contributed by atoms with van der Waals surface area (Å²) < 4.78 is 6.23. The maximum atomic E-state index is 6.23. The second-order valence-corrected chi connectivity index (χ2v) is 12.4. The first-order chi connectivity index (χ1) is 24.8. The number of rotatable bonds is 7. The normalized spacial score (nSPS) is 11.2. The minimum absolute atomic E-state index is 0.667. The van der Waals surface area contributed by atoms with Gasteiger partial charge < -0.3 is 9.32 Å². The number of nitrogens with zero attached hydrogens (tertiary/aromatic N) is 2. The second-order valence-electron chi connectivity index (χ2n) is 12.4. The van der Waals surface area contributed by atoms with Crippen LogP contribution in [0.2, 0.25) is 0 Å². The number of hydrogen-bond acceptors (Lipinski definition) is 3. The number of fused-ring (bicyclic) bond motifs is 3. The summed E-state index contributed by atoms with van der Waals surface area (Å²) in [6, 6.07) is 66.5. The van der Waals surface area contributed by atoms with Gasteiger partial charge in [-0.25, -0.2) is 4.98 Å². The predicted molar refractivity (Wildman–Crippen MR) is 208 cm³/mol. The third kappa shape index (κ3) is 5.51. The van der Waals surface area contributed by atoms with E-state index in [9.17, 15) is 0 Å². The van der Waals surface area contributed by atoms with Gasteiger partial charge in [0.2, 0.25) is 5.71 Å². The molecule has 2 heterocycles. The van der Waals surface area contributed by atoms with Crippen molar-refractivity contribution in [2.45, 2.75) is 0 Å². The molecule has 0 saturated heterocycles. The highest BCUT2D eigenvalue weighted by molar-refractivity contribution is 6.08. The SMILES string of the molecule is c1ccc(-c2ccc(N(c3ccccc3)c3ccc(-c4ccc(-c5cccc(-c6cccc7c6oc6ncccc67)c5)cc4)cc3)cc2)cc1. The number of hydrogen-bond donors (Lipinski definition) is 0. The molecule has 0 unspecified atom stereocenters. The minimum Gasteiger partial charge on any atom is -0.437 e. The van der Waals surface area contributed by atoms with E-state index >= 15 is 0 Å². The lowest BCUT2D eigenvalue weighted by atomic mass is 9.96. The number of anilines is 3. The average molecular weight is 641 g/mol. The van der Waals surface area contributed by atoms with E-state index in [1.165, 1.54) is 27.8 Å². The Bertz CT molecular complexity index is 2550. The van der Waals surface area contributed by atoms with Gasteiger partial charge in [-0.05, 0) is 93.5 Å². The van der Waals surface area contributed by atoms with Gasteiger partial charge in [-0.15, -0.1) is 0 Å². The highest BCUT2D eigenvalue weighted by Gasteiger charge is 2.15. The Morgan fingerprint density at radius 1 is 0.360 bits per heavy atom. The van der Waals surface area contributed by atoms with E-state index in [4.69, 9.17) is 4.42 Å². The highest BCUT2D eigenvalue weighted by Crippen LogP contribution is 2.38. The Morgan fingerprint density at radius 3 is 1.50 bits per heavy atom. The van der Waals surface area contributed by atoms with Crippen LogP contribution in [0.3, 0.4) is 0 Å². The van der Waals surface area contributed by atoms with Gasteiger partial charge in [-0.1, -0.05) is 133 Å². The van der Waals surface area contributed by atoms with Gasteiger partial charge in [-0.2, -0.15) is 0 Å². The van der Waals surface area contributed by atoms with Crippen molar-refractivity contribution in [1.82, 2.24) is 4.98 Å². The van der Waals surface area contributed by atoms with Crippen LogP contribution < -0.4 is 4.90 Å². The first-order valence-corrected chi connectivity index (χ1v) is 16.9. The predicted octanol–water partition coefficient (Wildman–Crippen LogP) is 13.1. The summed E-state index contributed by atoms with van der Waals surface area (Å²) in [5.41, 5.74) is 14.1. The maximum Gasteiger partial charge on any atom is 0.227 e. The van der Waals surface area contributed by atoms with Crippen LogP contribution in [0.15, 0.2) is 199 Å². The quantitative estimate of drug-likeness (QED) is 0.174. The largest absolute Gasteiger partial charge is 0.437 e. The molecule has 9 aromatic rings. The van der Waals surface area contributed by atoms with Gasteiger partial charge in [0.05, 0.1) is 0 Å². The Labute approximate surface area is 291 Å². The van der Waals surface area contributed by atoms with Crippen molar-refractivity contribution in [2.24, 2.45) is 0 Å². The first kappa shape index (κ1) is 29.4. The summed E-state index contributed by atoms with van der Waals surface area (Å²) in [6.45, 7) is 0. The lowest BCUT2D eigenvalue weighted by Gasteiger charge is -2.26. The van der Waals surface area contributed by atoms with Crippen LogP contribution >= 0.6 is 0 Å². The Morgan fingerprint density at radius 2 is 0.840 bits per heavy atom. The molecule has 0 atom stereocenters. The molecule has 50 heavy (non-hydrogen) atoms. The molecule has 0 aliphatic rings. The van der Waals surface area contributed by atoms with Crippen molar-refractivity contribution in [1.29, 1.82) is 0 Å². The topological polar surface area (TPSA) is 29.3 Å². The number of aromatic nitrogens is 1. The Hall–Kier alpha value is -6.71. The third-order valence-electron chi connectivity index (χ3n) is 9.37.